The highest BCUT2D eigenvalue weighted by Crippen LogP contribution is 2.38. The first kappa shape index (κ1) is 30.3. The van der Waals surface area contributed by atoms with Gasteiger partial charge >= 0.3 is 18.7 Å². The molecule has 0 unspecified atom stereocenters. The van der Waals surface area contributed by atoms with Gasteiger partial charge in [0.25, 0.3) is 0 Å². The Morgan fingerprint density at radius 3 is 2.05 bits per heavy atom. The van der Waals surface area contributed by atoms with Gasteiger partial charge in [-0.05, 0) is 40.8 Å². The fraction of sp³-hybridized carbons (Fsp3) is 0.333. The quantitative estimate of drug-likeness (QED) is 0.240. The first-order chi connectivity index (χ1) is 18.2. The molecule has 0 radical (unpaired) electrons. The van der Waals surface area contributed by atoms with Gasteiger partial charge in [0.15, 0.2) is 0 Å². The number of halogens is 8. The summed E-state index contributed by atoms with van der Waals surface area (Å²) < 4.78 is 111. The fourth-order valence-electron chi connectivity index (χ4n) is 4.17. The van der Waals surface area contributed by atoms with Gasteiger partial charge in [-0.2, -0.15) is 30.7 Å². The van der Waals surface area contributed by atoms with E-state index in [0.717, 1.165) is 12.1 Å². The van der Waals surface area contributed by atoms with E-state index >= 15 is 0 Å². The Labute approximate surface area is 219 Å². The summed E-state index contributed by atoms with van der Waals surface area (Å²) in [4.78, 5) is 0. The standard InChI is InChI=1S/C27H26F8N2O2/c28-21-10-20(11-23(12-21)39-27(34,35)24(29)30)25(13-17-4-2-1-3-5-17,19-8-6-18(15-36)7-9-19)37-16-22(38)14-26(31,32)33/h1-12,22,24,37-38H,13-16,36H2/t22-,25-/m1/s1. The minimum absolute atomic E-state index is 0.0668. The molecule has 0 fully saturated rings. The third-order valence-corrected chi connectivity index (χ3v) is 5.97. The van der Waals surface area contributed by atoms with E-state index in [-0.39, 0.29) is 18.5 Å². The molecule has 0 aliphatic carbocycles. The summed E-state index contributed by atoms with van der Waals surface area (Å²) in [5.41, 5.74) is 5.54. The molecule has 0 bridgehead atoms. The van der Waals surface area contributed by atoms with Crippen molar-refractivity contribution >= 4 is 0 Å². The maximum atomic E-state index is 14.8. The van der Waals surface area contributed by atoms with Gasteiger partial charge in [-0.3, -0.25) is 0 Å². The molecule has 0 saturated carbocycles. The first-order valence-corrected chi connectivity index (χ1v) is 11.7. The van der Waals surface area contributed by atoms with Crippen molar-refractivity contribution in [2.24, 2.45) is 5.73 Å². The van der Waals surface area contributed by atoms with E-state index in [1.54, 1.807) is 54.6 Å². The minimum Gasteiger partial charge on any atom is -0.428 e. The van der Waals surface area contributed by atoms with Gasteiger partial charge in [-0.25, -0.2) is 4.39 Å². The number of alkyl halides is 7. The summed E-state index contributed by atoms with van der Waals surface area (Å²) in [6.45, 7) is -0.491. The van der Waals surface area contributed by atoms with E-state index in [4.69, 9.17) is 5.73 Å². The second-order valence-electron chi connectivity index (χ2n) is 8.96. The van der Waals surface area contributed by atoms with E-state index in [1.165, 1.54) is 0 Å². The zero-order valence-electron chi connectivity index (χ0n) is 20.4. The van der Waals surface area contributed by atoms with Crippen molar-refractivity contribution < 1.29 is 45.0 Å². The summed E-state index contributed by atoms with van der Waals surface area (Å²) >= 11 is 0. The molecule has 3 aromatic carbocycles. The molecule has 4 N–H and O–H groups in total. The normalized spacial score (nSPS) is 14.7. The number of hydrogen-bond acceptors (Lipinski definition) is 4. The lowest BCUT2D eigenvalue weighted by molar-refractivity contribution is -0.253. The van der Waals surface area contributed by atoms with Gasteiger partial charge in [0, 0.05) is 19.2 Å². The lowest BCUT2D eigenvalue weighted by Crippen LogP contribution is -2.49. The van der Waals surface area contributed by atoms with Crippen LogP contribution in [0.3, 0.4) is 0 Å². The van der Waals surface area contributed by atoms with Crippen LogP contribution in [-0.4, -0.2) is 36.5 Å². The molecule has 39 heavy (non-hydrogen) atoms. The fourth-order valence-corrected chi connectivity index (χ4v) is 4.17. The topological polar surface area (TPSA) is 67.5 Å². The number of hydrogen-bond donors (Lipinski definition) is 3. The van der Waals surface area contributed by atoms with Crippen LogP contribution in [0.4, 0.5) is 35.1 Å². The number of aliphatic hydroxyl groups excluding tert-OH is 1. The van der Waals surface area contributed by atoms with Gasteiger partial charge in [0.05, 0.1) is 18.1 Å². The summed E-state index contributed by atoms with van der Waals surface area (Å²) in [7, 11) is 0. The number of nitrogens with one attached hydrogen (secondary N) is 1. The van der Waals surface area contributed by atoms with Crippen LogP contribution in [-0.2, 0) is 18.5 Å². The van der Waals surface area contributed by atoms with Gasteiger partial charge in [0.1, 0.15) is 11.6 Å². The number of aliphatic hydroxyl groups is 1. The second kappa shape index (κ2) is 12.3. The van der Waals surface area contributed by atoms with Crippen LogP contribution in [0.5, 0.6) is 5.75 Å². The zero-order chi connectivity index (χ0) is 28.8. The van der Waals surface area contributed by atoms with Crippen molar-refractivity contribution in [3.63, 3.8) is 0 Å². The average Bonchev–Trinajstić information content (AvgIpc) is 2.85. The predicted molar refractivity (Wildman–Crippen MR) is 128 cm³/mol. The molecule has 0 aliphatic rings. The van der Waals surface area contributed by atoms with E-state index < -0.39 is 54.9 Å². The molecule has 0 aliphatic heterocycles. The number of nitrogens with two attached hydrogens (primary N) is 1. The van der Waals surface area contributed by atoms with E-state index in [1.807, 2.05) is 0 Å². The molecular weight excluding hydrogens is 536 g/mol. The Morgan fingerprint density at radius 1 is 0.846 bits per heavy atom. The molecule has 2 atom stereocenters. The number of benzene rings is 3. The molecule has 3 aromatic rings. The zero-order valence-corrected chi connectivity index (χ0v) is 20.4. The maximum Gasteiger partial charge on any atom is 0.461 e. The smallest absolute Gasteiger partial charge is 0.428 e. The van der Waals surface area contributed by atoms with Crippen LogP contribution in [0.15, 0.2) is 72.8 Å². The lowest BCUT2D eigenvalue weighted by atomic mass is 9.77. The highest BCUT2D eigenvalue weighted by Gasteiger charge is 2.45. The van der Waals surface area contributed by atoms with Gasteiger partial charge in [0.2, 0.25) is 0 Å². The monoisotopic (exact) mass is 562 g/mol. The van der Waals surface area contributed by atoms with Crippen LogP contribution in [0.25, 0.3) is 0 Å². The number of rotatable bonds is 12. The third-order valence-electron chi connectivity index (χ3n) is 5.97. The molecule has 12 heteroatoms. The van der Waals surface area contributed by atoms with Crippen LogP contribution in [0.1, 0.15) is 28.7 Å². The van der Waals surface area contributed by atoms with Crippen LogP contribution in [0.2, 0.25) is 0 Å². The summed E-state index contributed by atoms with van der Waals surface area (Å²) in [5, 5.41) is 13.0. The second-order valence-corrected chi connectivity index (χ2v) is 8.96. The van der Waals surface area contributed by atoms with E-state index in [2.05, 4.69) is 10.1 Å². The lowest BCUT2D eigenvalue weighted by Gasteiger charge is -2.38. The Bertz CT molecular complexity index is 1210. The van der Waals surface area contributed by atoms with Gasteiger partial charge < -0.3 is 20.9 Å². The molecule has 0 heterocycles. The van der Waals surface area contributed by atoms with Crippen LogP contribution in [0, 0.1) is 5.82 Å². The van der Waals surface area contributed by atoms with Crippen molar-refractivity contribution in [1.82, 2.24) is 5.32 Å². The van der Waals surface area contributed by atoms with Crippen molar-refractivity contribution in [1.29, 1.82) is 0 Å². The molecule has 212 valence electrons. The van der Waals surface area contributed by atoms with Crippen molar-refractivity contribution in [2.45, 2.75) is 49.7 Å². The average molecular weight is 563 g/mol. The van der Waals surface area contributed by atoms with Crippen molar-refractivity contribution in [3.05, 3.63) is 101 Å². The maximum absolute atomic E-state index is 14.8. The van der Waals surface area contributed by atoms with E-state index in [9.17, 15) is 40.2 Å². The molecule has 4 nitrogen and oxygen atoms in total. The summed E-state index contributed by atoms with van der Waals surface area (Å²) in [6.07, 6.45) is -17.4. The molecule has 3 rings (SSSR count). The Kier molecular flexibility index (Phi) is 9.57. The van der Waals surface area contributed by atoms with Crippen LogP contribution < -0.4 is 15.8 Å². The van der Waals surface area contributed by atoms with Crippen LogP contribution >= 0.6 is 0 Å². The highest BCUT2D eigenvalue weighted by atomic mass is 19.4. The Hall–Kier alpha value is -3.22. The summed E-state index contributed by atoms with van der Waals surface area (Å²) in [6, 6.07) is 17.1. The SMILES string of the molecule is NCc1ccc([C@@](Cc2ccccc2)(NC[C@H](O)CC(F)(F)F)c2cc(F)cc(OC(F)(F)C(F)F)c2)cc1. The molecule has 0 amide bonds. The van der Waals surface area contributed by atoms with Gasteiger partial charge in [-0.15, -0.1) is 0 Å². The van der Waals surface area contributed by atoms with Crippen molar-refractivity contribution in [2.75, 3.05) is 6.54 Å². The van der Waals surface area contributed by atoms with E-state index in [0.29, 0.717) is 22.8 Å². The molecule has 0 spiro atoms. The largest absolute Gasteiger partial charge is 0.461 e. The highest BCUT2D eigenvalue weighted by molar-refractivity contribution is 5.45. The first-order valence-electron chi connectivity index (χ1n) is 11.7. The predicted octanol–water partition coefficient (Wildman–Crippen LogP) is 5.91. The minimum atomic E-state index is -4.94. The molecular formula is C27H26F8N2O2. The Balaban J connectivity index is 2.20. The third kappa shape index (κ3) is 8.13. The van der Waals surface area contributed by atoms with Gasteiger partial charge in [-0.1, -0.05) is 54.6 Å². The van der Waals surface area contributed by atoms with Crippen molar-refractivity contribution in [3.8, 4) is 5.75 Å². The molecule has 0 aromatic heterocycles. The Morgan fingerprint density at radius 2 is 1.49 bits per heavy atom. The molecule has 0 saturated heterocycles. The number of ether oxygens (including phenoxy) is 1. The summed E-state index contributed by atoms with van der Waals surface area (Å²) in [5.74, 6) is -2.05.